The number of hydrogen-bond acceptors (Lipinski definition) is 2. The second-order valence-electron chi connectivity index (χ2n) is 4.86. The van der Waals surface area contributed by atoms with Gasteiger partial charge in [0.1, 0.15) is 6.04 Å². The molecule has 1 heterocycles. The number of halogens is 4. The van der Waals surface area contributed by atoms with Crippen LogP contribution in [0.1, 0.15) is 23.2 Å². The smallest absolute Gasteiger partial charge is 0.326 e. The predicted molar refractivity (Wildman–Crippen MR) is 72.2 cm³/mol. The van der Waals surface area contributed by atoms with Gasteiger partial charge in [-0.1, -0.05) is 22.0 Å². The molecule has 0 aliphatic carbocycles. The third-order valence-corrected chi connectivity index (χ3v) is 3.82. The van der Waals surface area contributed by atoms with Gasteiger partial charge in [0, 0.05) is 22.6 Å². The Morgan fingerprint density at radius 1 is 1.35 bits per heavy atom. The summed E-state index contributed by atoms with van der Waals surface area (Å²) in [6.07, 6.45) is -4.31. The number of amides is 1. The van der Waals surface area contributed by atoms with E-state index in [0.717, 1.165) is 4.90 Å². The Balaban J connectivity index is 2.29. The third-order valence-electron chi connectivity index (χ3n) is 3.33. The second kappa shape index (κ2) is 5.73. The van der Waals surface area contributed by atoms with Crippen molar-refractivity contribution in [2.75, 3.05) is 6.54 Å². The molecule has 1 aromatic carbocycles. The molecule has 1 saturated heterocycles. The van der Waals surface area contributed by atoms with Crippen molar-refractivity contribution in [2.24, 2.45) is 5.73 Å². The molecule has 0 radical (unpaired) electrons. The van der Waals surface area contributed by atoms with Crippen LogP contribution in [0.25, 0.3) is 0 Å². The predicted octanol–water partition coefficient (Wildman–Crippen LogP) is 2.94. The number of rotatable bonds is 1. The molecule has 110 valence electrons. The molecule has 2 N–H and O–H groups in total. The summed E-state index contributed by atoms with van der Waals surface area (Å²) >= 11 is 3.20. The van der Waals surface area contributed by atoms with Crippen LogP contribution in [0.4, 0.5) is 13.2 Å². The molecule has 1 aromatic rings. The number of carbonyl (C=O) groups excluding carboxylic acids is 1. The quantitative estimate of drug-likeness (QED) is 0.846. The molecule has 2 atom stereocenters. The van der Waals surface area contributed by atoms with E-state index in [1.807, 2.05) is 0 Å². The van der Waals surface area contributed by atoms with Crippen LogP contribution in [0.5, 0.6) is 0 Å². The van der Waals surface area contributed by atoms with Crippen LogP contribution >= 0.6 is 15.9 Å². The van der Waals surface area contributed by atoms with Gasteiger partial charge >= 0.3 is 6.18 Å². The first-order valence-electron chi connectivity index (χ1n) is 6.18. The first-order chi connectivity index (χ1) is 9.29. The van der Waals surface area contributed by atoms with Gasteiger partial charge in [-0.05, 0) is 31.0 Å². The SMILES string of the molecule is N[C@@H]1CC[C@H](C(F)(F)F)N(C(=O)c2cccc(Br)c2)C1. The Morgan fingerprint density at radius 2 is 2.05 bits per heavy atom. The van der Waals surface area contributed by atoms with E-state index in [9.17, 15) is 18.0 Å². The van der Waals surface area contributed by atoms with E-state index in [0.29, 0.717) is 4.47 Å². The molecule has 1 fully saturated rings. The van der Waals surface area contributed by atoms with Crippen LogP contribution in [0.3, 0.4) is 0 Å². The molecule has 0 saturated carbocycles. The largest absolute Gasteiger partial charge is 0.408 e. The Morgan fingerprint density at radius 3 is 2.65 bits per heavy atom. The zero-order valence-electron chi connectivity index (χ0n) is 10.5. The van der Waals surface area contributed by atoms with Crippen molar-refractivity contribution < 1.29 is 18.0 Å². The van der Waals surface area contributed by atoms with Crippen molar-refractivity contribution in [1.82, 2.24) is 4.90 Å². The summed E-state index contributed by atoms with van der Waals surface area (Å²) in [4.78, 5) is 13.1. The minimum atomic E-state index is -4.43. The molecular weight excluding hydrogens is 337 g/mol. The number of benzene rings is 1. The fourth-order valence-electron chi connectivity index (χ4n) is 2.35. The van der Waals surface area contributed by atoms with Gasteiger partial charge in [0.25, 0.3) is 5.91 Å². The highest BCUT2D eigenvalue weighted by Gasteiger charge is 2.47. The number of piperidine rings is 1. The molecule has 0 bridgehead atoms. The van der Waals surface area contributed by atoms with E-state index in [1.54, 1.807) is 12.1 Å². The summed E-state index contributed by atoms with van der Waals surface area (Å²) in [7, 11) is 0. The van der Waals surface area contributed by atoms with Gasteiger partial charge in [-0.3, -0.25) is 4.79 Å². The van der Waals surface area contributed by atoms with Crippen molar-refractivity contribution in [1.29, 1.82) is 0 Å². The lowest BCUT2D eigenvalue weighted by Gasteiger charge is -2.39. The lowest BCUT2D eigenvalue weighted by Crippen LogP contribution is -2.56. The number of hydrogen-bond donors (Lipinski definition) is 1. The zero-order valence-corrected chi connectivity index (χ0v) is 12.1. The second-order valence-corrected chi connectivity index (χ2v) is 5.78. The monoisotopic (exact) mass is 350 g/mol. The first kappa shape index (κ1) is 15.3. The maximum Gasteiger partial charge on any atom is 0.408 e. The third kappa shape index (κ3) is 3.32. The Hall–Kier alpha value is -1.08. The van der Waals surface area contributed by atoms with Crippen LogP contribution in [0.15, 0.2) is 28.7 Å². The van der Waals surface area contributed by atoms with Gasteiger partial charge in [0.05, 0.1) is 0 Å². The van der Waals surface area contributed by atoms with Gasteiger partial charge in [-0.2, -0.15) is 13.2 Å². The van der Waals surface area contributed by atoms with Crippen molar-refractivity contribution in [3.8, 4) is 0 Å². The maximum absolute atomic E-state index is 13.0. The number of nitrogens with two attached hydrogens (primary N) is 1. The highest BCUT2D eigenvalue weighted by Crippen LogP contribution is 2.32. The normalized spacial score (nSPS) is 23.8. The molecule has 0 unspecified atom stereocenters. The molecule has 3 nitrogen and oxygen atoms in total. The molecule has 1 aliphatic heterocycles. The Bertz CT molecular complexity index is 507. The summed E-state index contributed by atoms with van der Waals surface area (Å²) in [6.45, 7) is -0.0739. The van der Waals surface area contributed by atoms with Crippen molar-refractivity contribution in [2.45, 2.75) is 31.1 Å². The molecule has 2 rings (SSSR count). The Kier molecular flexibility index (Phi) is 4.39. The van der Waals surface area contributed by atoms with Gasteiger partial charge < -0.3 is 10.6 Å². The van der Waals surface area contributed by atoms with Gasteiger partial charge in [-0.15, -0.1) is 0 Å². The van der Waals surface area contributed by atoms with Gasteiger partial charge in [0.15, 0.2) is 0 Å². The molecule has 1 amide bonds. The summed E-state index contributed by atoms with van der Waals surface area (Å²) in [5.41, 5.74) is 5.93. The van der Waals surface area contributed by atoms with E-state index in [-0.39, 0.29) is 24.9 Å². The van der Waals surface area contributed by atoms with Crippen LogP contribution in [0, 0.1) is 0 Å². The summed E-state index contributed by atoms with van der Waals surface area (Å²) in [6, 6.07) is 4.17. The average Bonchev–Trinajstić information content (AvgIpc) is 2.36. The molecule has 20 heavy (non-hydrogen) atoms. The van der Waals surface area contributed by atoms with E-state index < -0.39 is 24.2 Å². The number of carbonyl (C=O) groups is 1. The topological polar surface area (TPSA) is 46.3 Å². The fraction of sp³-hybridized carbons (Fsp3) is 0.462. The summed E-state index contributed by atoms with van der Waals surface area (Å²) in [5, 5.41) is 0. The molecular formula is C13H14BrF3N2O. The zero-order chi connectivity index (χ0) is 14.9. The van der Waals surface area contributed by atoms with Crippen LogP contribution in [-0.2, 0) is 0 Å². The van der Waals surface area contributed by atoms with Crippen LogP contribution < -0.4 is 5.73 Å². The Labute approximate surface area is 123 Å². The number of alkyl halides is 3. The van der Waals surface area contributed by atoms with Crippen LogP contribution in [-0.4, -0.2) is 35.6 Å². The molecule has 0 spiro atoms. The van der Waals surface area contributed by atoms with Gasteiger partial charge in [0.2, 0.25) is 0 Å². The lowest BCUT2D eigenvalue weighted by molar-refractivity contribution is -0.184. The van der Waals surface area contributed by atoms with E-state index in [1.165, 1.54) is 12.1 Å². The van der Waals surface area contributed by atoms with Crippen molar-refractivity contribution >= 4 is 21.8 Å². The molecule has 1 aliphatic rings. The molecule has 7 heteroatoms. The fourth-order valence-corrected chi connectivity index (χ4v) is 2.75. The standard InChI is InChI=1S/C13H14BrF3N2O/c14-9-3-1-2-8(6-9)12(20)19-7-10(18)4-5-11(19)13(15,16)17/h1-3,6,10-11H,4-5,7,18H2/t10-,11-/m1/s1. The minimum Gasteiger partial charge on any atom is -0.326 e. The summed E-state index contributed by atoms with van der Waals surface area (Å²) in [5.74, 6) is -0.635. The highest BCUT2D eigenvalue weighted by molar-refractivity contribution is 9.10. The summed E-state index contributed by atoms with van der Waals surface area (Å²) < 4.78 is 39.7. The number of nitrogens with zero attached hydrogens (tertiary/aromatic N) is 1. The maximum atomic E-state index is 13.0. The van der Waals surface area contributed by atoms with E-state index >= 15 is 0 Å². The lowest BCUT2D eigenvalue weighted by atomic mass is 9.97. The van der Waals surface area contributed by atoms with E-state index in [4.69, 9.17) is 5.73 Å². The van der Waals surface area contributed by atoms with Crippen molar-refractivity contribution in [3.63, 3.8) is 0 Å². The molecule has 0 aromatic heterocycles. The van der Waals surface area contributed by atoms with Crippen molar-refractivity contribution in [3.05, 3.63) is 34.3 Å². The van der Waals surface area contributed by atoms with E-state index in [2.05, 4.69) is 15.9 Å². The average molecular weight is 351 g/mol. The van der Waals surface area contributed by atoms with Crippen LogP contribution in [0.2, 0.25) is 0 Å². The van der Waals surface area contributed by atoms with Gasteiger partial charge in [-0.25, -0.2) is 0 Å². The highest BCUT2D eigenvalue weighted by atomic mass is 79.9. The first-order valence-corrected chi connectivity index (χ1v) is 6.97. The number of likely N-dealkylation sites (tertiary alicyclic amines) is 1. The minimum absolute atomic E-state index is 0.0739.